The molecule has 12 nitrogen and oxygen atoms in total. The van der Waals surface area contributed by atoms with Gasteiger partial charge < -0.3 is 20.1 Å². The van der Waals surface area contributed by atoms with Crippen molar-refractivity contribution in [2.45, 2.75) is 48.7 Å². The molecule has 3 heterocycles. The van der Waals surface area contributed by atoms with Crippen molar-refractivity contribution in [3.63, 3.8) is 0 Å². The fourth-order valence-corrected chi connectivity index (χ4v) is 8.55. The van der Waals surface area contributed by atoms with Gasteiger partial charge in [0.05, 0.1) is 36.6 Å². The van der Waals surface area contributed by atoms with Crippen molar-refractivity contribution in [2.75, 3.05) is 53.2 Å². The number of hydrogen-bond acceptors (Lipinski definition) is 10. The van der Waals surface area contributed by atoms with Crippen LogP contribution in [0.3, 0.4) is 0 Å². The minimum Gasteiger partial charge on any atom is -0.493 e. The maximum Gasteiger partial charge on any atom is 0.241 e. The Labute approximate surface area is 293 Å². The number of nitrogen functional groups attached to an aromatic ring is 1. The number of nitrogens with one attached hydrogen (secondary N) is 1. The van der Waals surface area contributed by atoms with Crippen LogP contribution in [0, 0.1) is 0 Å². The number of hydrogen-bond donors (Lipinski definition) is 2. The summed E-state index contributed by atoms with van der Waals surface area (Å²) in [6.45, 7) is 4.50. The summed E-state index contributed by atoms with van der Waals surface area (Å²) in [6, 6.07) is 22.0. The summed E-state index contributed by atoms with van der Waals surface area (Å²) < 4.78 is 43.2. The van der Waals surface area contributed by atoms with Gasteiger partial charge in [-0.1, -0.05) is 54.6 Å². The van der Waals surface area contributed by atoms with Gasteiger partial charge in [-0.05, 0) is 56.0 Å². The second-order valence-corrected chi connectivity index (χ2v) is 14.9. The fourth-order valence-electron chi connectivity index (χ4n) is 7.32. The van der Waals surface area contributed by atoms with E-state index in [1.54, 1.807) is 6.07 Å². The van der Waals surface area contributed by atoms with Crippen molar-refractivity contribution in [1.29, 1.82) is 0 Å². The molecule has 1 atom stereocenters. The van der Waals surface area contributed by atoms with Gasteiger partial charge in [-0.25, -0.2) is 23.1 Å². The lowest BCUT2D eigenvalue weighted by molar-refractivity contribution is 0.0815. The van der Waals surface area contributed by atoms with Crippen LogP contribution in [0.15, 0.2) is 84.0 Å². The van der Waals surface area contributed by atoms with Crippen LogP contribution in [0.2, 0.25) is 0 Å². The average molecular weight is 697 g/mol. The van der Waals surface area contributed by atoms with Crippen LogP contribution in [-0.4, -0.2) is 91.5 Å². The highest BCUT2D eigenvalue weighted by molar-refractivity contribution is 7.89. The lowest BCUT2D eigenvalue weighted by Gasteiger charge is -2.41. The highest BCUT2D eigenvalue weighted by atomic mass is 32.2. The summed E-state index contributed by atoms with van der Waals surface area (Å²) in [5.41, 5.74) is 10.3. The number of rotatable bonds is 10. The number of methoxy groups -OCH3 is 2. The van der Waals surface area contributed by atoms with Gasteiger partial charge in [-0.15, -0.1) is 0 Å². The van der Waals surface area contributed by atoms with Crippen LogP contribution in [0.1, 0.15) is 48.9 Å². The molecule has 0 amide bonds. The molecule has 262 valence electrons. The largest absolute Gasteiger partial charge is 0.493 e. The summed E-state index contributed by atoms with van der Waals surface area (Å²) in [6.07, 6.45) is 5.80. The molecule has 50 heavy (non-hydrogen) atoms. The van der Waals surface area contributed by atoms with Crippen LogP contribution < -0.4 is 19.9 Å². The Morgan fingerprint density at radius 1 is 0.820 bits per heavy atom. The van der Waals surface area contributed by atoms with Gasteiger partial charge in [0.1, 0.15) is 17.8 Å². The van der Waals surface area contributed by atoms with Crippen molar-refractivity contribution >= 4 is 26.9 Å². The molecule has 3 aromatic carbocycles. The lowest BCUT2D eigenvalue weighted by Crippen LogP contribution is -2.49. The summed E-state index contributed by atoms with van der Waals surface area (Å²) in [5, 5.41) is 5.87. The van der Waals surface area contributed by atoms with Gasteiger partial charge in [0.15, 0.2) is 17.1 Å². The van der Waals surface area contributed by atoms with Crippen LogP contribution in [0.4, 0.5) is 5.82 Å². The predicted octanol–water partition coefficient (Wildman–Crippen LogP) is 4.89. The van der Waals surface area contributed by atoms with Gasteiger partial charge in [0, 0.05) is 43.9 Å². The first-order valence-corrected chi connectivity index (χ1v) is 18.5. The van der Waals surface area contributed by atoms with Crippen LogP contribution >= 0.6 is 0 Å². The number of benzene rings is 3. The Bertz CT molecular complexity index is 2040. The van der Waals surface area contributed by atoms with E-state index < -0.39 is 16.1 Å². The third-order valence-corrected chi connectivity index (χ3v) is 11.6. The van der Waals surface area contributed by atoms with Gasteiger partial charge in [-0.2, -0.15) is 9.82 Å². The number of nitrogens with zero attached hydrogens (tertiary/aromatic N) is 6. The van der Waals surface area contributed by atoms with Gasteiger partial charge in [0.25, 0.3) is 0 Å². The molecule has 0 radical (unpaired) electrons. The van der Waals surface area contributed by atoms with E-state index in [0.29, 0.717) is 29.1 Å². The lowest BCUT2D eigenvalue weighted by atomic mass is 9.90. The topological polar surface area (TPSA) is 141 Å². The minimum absolute atomic E-state index is 0.0674. The molecule has 0 bridgehead atoms. The van der Waals surface area contributed by atoms with E-state index >= 15 is 0 Å². The third-order valence-electron chi connectivity index (χ3n) is 10.2. The highest BCUT2D eigenvalue weighted by Crippen LogP contribution is 2.38. The zero-order chi connectivity index (χ0) is 34.8. The van der Waals surface area contributed by atoms with Crippen molar-refractivity contribution < 1.29 is 17.9 Å². The van der Waals surface area contributed by atoms with Crippen molar-refractivity contribution in [3.05, 3.63) is 90.3 Å². The molecule has 1 unspecified atom stereocenters. The van der Waals surface area contributed by atoms with Gasteiger partial charge in [0.2, 0.25) is 10.0 Å². The highest BCUT2D eigenvalue weighted by Gasteiger charge is 2.31. The maximum atomic E-state index is 13.8. The zero-order valence-corrected chi connectivity index (χ0v) is 29.5. The second-order valence-electron chi connectivity index (χ2n) is 13.2. The molecular weight excluding hydrogens is 653 g/mol. The van der Waals surface area contributed by atoms with E-state index in [4.69, 9.17) is 20.3 Å². The number of piperazine rings is 1. The third kappa shape index (κ3) is 6.78. The summed E-state index contributed by atoms with van der Waals surface area (Å²) >= 11 is 0. The molecule has 1 aliphatic carbocycles. The normalized spacial score (nSPS) is 19.7. The average Bonchev–Trinajstić information content (AvgIpc) is 3.55. The Hall–Kier alpha value is -4.56. The fraction of sp³-hybridized carbons (Fsp3) is 0.378. The monoisotopic (exact) mass is 696 g/mol. The Kier molecular flexibility index (Phi) is 9.73. The number of nitrogens with two attached hydrogens (primary N) is 1. The SMILES string of the molecule is COc1ccc(S(=O)(=O)NC(c2ccccc2)c2ccc(-c3nn(C4CCC(N5CCN(C)CC5)CC4)c4ncnc(N)c34)cc2)cc1OC. The van der Waals surface area contributed by atoms with E-state index in [1.807, 2.05) is 54.6 Å². The maximum absolute atomic E-state index is 13.8. The first kappa shape index (κ1) is 33.9. The number of fused-ring (bicyclic) bond motifs is 1. The predicted molar refractivity (Wildman–Crippen MR) is 194 cm³/mol. The molecule has 2 aliphatic rings. The summed E-state index contributed by atoms with van der Waals surface area (Å²) in [5.74, 6) is 1.16. The Balaban J connectivity index is 1.17. The molecule has 5 aromatic rings. The van der Waals surface area contributed by atoms with Crippen molar-refractivity contribution in [3.8, 4) is 22.8 Å². The molecule has 7 rings (SSSR count). The molecule has 1 aliphatic heterocycles. The van der Waals surface area contributed by atoms with Crippen LogP contribution in [0.25, 0.3) is 22.3 Å². The standard InChI is InChI=1S/C37H44N8O4S/c1-43-19-21-44(22-20-43)28-13-15-29(16-14-28)45-37-33(36(38)39-24-40-37)35(41-45)27-11-9-26(10-12-27)34(25-7-5-4-6-8-25)42-50(46,47)30-17-18-31(48-2)32(23-30)49-3/h4-12,17-18,23-24,28-29,34,42H,13-16,19-22H2,1-3H3,(H2,38,39,40). The van der Waals surface area contributed by atoms with E-state index in [1.165, 1.54) is 32.7 Å². The number of likely N-dealkylation sites (N-methyl/N-ethyl adjacent to an activating group) is 1. The van der Waals surface area contributed by atoms with E-state index in [2.05, 4.69) is 36.2 Å². The minimum atomic E-state index is -3.97. The summed E-state index contributed by atoms with van der Waals surface area (Å²) in [4.78, 5) is 14.1. The zero-order valence-electron chi connectivity index (χ0n) is 28.7. The molecule has 2 aromatic heterocycles. The smallest absolute Gasteiger partial charge is 0.241 e. The molecule has 1 saturated heterocycles. The van der Waals surface area contributed by atoms with E-state index in [-0.39, 0.29) is 10.9 Å². The molecule has 1 saturated carbocycles. The molecule has 0 spiro atoms. The first-order valence-electron chi connectivity index (χ1n) is 17.1. The van der Waals surface area contributed by atoms with Gasteiger partial charge in [-0.3, -0.25) is 4.90 Å². The molecule has 3 N–H and O–H groups in total. The van der Waals surface area contributed by atoms with Crippen LogP contribution in [0.5, 0.6) is 11.5 Å². The quantitative estimate of drug-likeness (QED) is 0.207. The molecule has 2 fully saturated rings. The van der Waals surface area contributed by atoms with Gasteiger partial charge >= 0.3 is 0 Å². The van der Waals surface area contributed by atoms with E-state index in [0.717, 1.165) is 79.6 Å². The Morgan fingerprint density at radius 2 is 1.48 bits per heavy atom. The molecule has 13 heteroatoms. The van der Waals surface area contributed by atoms with Crippen molar-refractivity contribution in [2.24, 2.45) is 0 Å². The second kappa shape index (κ2) is 14.4. The van der Waals surface area contributed by atoms with E-state index in [9.17, 15) is 8.42 Å². The van der Waals surface area contributed by atoms with Crippen LogP contribution in [-0.2, 0) is 10.0 Å². The first-order chi connectivity index (χ1) is 24.3. The number of aromatic nitrogens is 4. The number of ether oxygens (including phenoxy) is 2. The number of anilines is 1. The summed E-state index contributed by atoms with van der Waals surface area (Å²) in [7, 11) is 1.21. The Morgan fingerprint density at radius 3 is 2.16 bits per heavy atom. The number of sulfonamides is 1. The molecular formula is C37H44N8O4S. The van der Waals surface area contributed by atoms with Crippen molar-refractivity contribution in [1.82, 2.24) is 34.3 Å².